The van der Waals surface area contributed by atoms with Crippen LogP contribution in [-0.4, -0.2) is 43.9 Å². The lowest BCUT2D eigenvalue weighted by atomic mass is 10.0. The first-order valence-electron chi connectivity index (χ1n) is 5.83. The van der Waals surface area contributed by atoms with Crippen LogP contribution in [0.4, 0.5) is 0 Å². The van der Waals surface area contributed by atoms with Gasteiger partial charge in [-0.25, -0.2) is 0 Å². The Labute approximate surface area is 96.7 Å². The van der Waals surface area contributed by atoms with Crippen molar-refractivity contribution in [3.05, 3.63) is 0 Å². The third-order valence-corrected chi connectivity index (χ3v) is 2.88. The lowest BCUT2D eigenvalue weighted by Crippen LogP contribution is -2.57. The first-order chi connectivity index (χ1) is 7.58. The number of ether oxygens (including phenoxy) is 2. The summed E-state index contributed by atoms with van der Waals surface area (Å²) in [7, 11) is 0. The SMILES string of the molecule is CCOCC(C)(NCC1CCCO1)C(N)=O. The molecule has 1 aliphatic rings. The van der Waals surface area contributed by atoms with E-state index in [4.69, 9.17) is 15.2 Å². The zero-order chi connectivity index (χ0) is 12.0. The smallest absolute Gasteiger partial charge is 0.239 e. The Bertz CT molecular complexity index is 229. The van der Waals surface area contributed by atoms with Gasteiger partial charge in [0.15, 0.2) is 0 Å². The molecule has 5 nitrogen and oxygen atoms in total. The van der Waals surface area contributed by atoms with Gasteiger partial charge >= 0.3 is 0 Å². The Morgan fingerprint density at radius 1 is 1.69 bits per heavy atom. The van der Waals surface area contributed by atoms with Gasteiger partial charge in [0, 0.05) is 19.8 Å². The van der Waals surface area contributed by atoms with Crippen LogP contribution < -0.4 is 11.1 Å². The molecule has 0 radical (unpaired) electrons. The summed E-state index contributed by atoms with van der Waals surface area (Å²) in [6.45, 7) is 5.98. The van der Waals surface area contributed by atoms with Gasteiger partial charge in [-0.3, -0.25) is 10.1 Å². The van der Waals surface area contributed by atoms with E-state index in [0.717, 1.165) is 19.4 Å². The number of rotatable bonds is 7. The minimum Gasteiger partial charge on any atom is -0.379 e. The van der Waals surface area contributed by atoms with E-state index in [-0.39, 0.29) is 12.0 Å². The topological polar surface area (TPSA) is 73.6 Å². The highest BCUT2D eigenvalue weighted by molar-refractivity contribution is 5.84. The summed E-state index contributed by atoms with van der Waals surface area (Å²) in [4.78, 5) is 11.4. The maximum Gasteiger partial charge on any atom is 0.239 e. The Morgan fingerprint density at radius 2 is 2.44 bits per heavy atom. The summed E-state index contributed by atoms with van der Waals surface area (Å²) in [5.41, 5.74) is 4.57. The van der Waals surface area contributed by atoms with Crippen molar-refractivity contribution >= 4 is 5.91 Å². The van der Waals surface area contributed by atoms with Crippen LogP contribution in [0.3, 0.4) is 0 Å². The molecule has 1 rings (SSSR count). The predicted octanol–water partition coefficient (Wildman–Crippen LogP) is 0.0355. The molecule has 2 atom stereocenters. The monoisotopic (exact) mass is 230 g/mol. The number of nitrogens with one attached hydrogen (secondary N) is 1. The molecule has 0 saturated carbocycles. The van der Waals surface area contributed by atoms with Crippen molar-refractivity contribution in [1.29, 1.82) is 0 Å². The molecule has 94 valence electrons. The molecule has 0 aromatic rings. The second kappa shape index (κ2) is 6.18. The second-order valence-electron chi connectivity index (χ2n) is 4.35. The molecule has 1 fully saturated rings. The van der Waals surface area contributed by atoms with E-state index < -0.39 is 5.54 Å². The molecular weight excluding hydrogens is 208 g/mol. The fourth-order valence-electron chi connectivity index (χ4n) is 1.66. The van der Waals surface area contributed by atoms with E-state index in [2.05, 4.69) is 5.32 Å². The van der Waals surface area contributed by atoms with Crippen molar-refractivity contribution in [3.8, 4) is 0 Å². The first kappa shape index (κ1) is 13.4. The Morgan fingerprint density at radius 3 is 2.94 bits per heavy atom. The number of hydrogen-bond acceptors (Lipinski definition) is 4. The quantitative estimate of drug-likeness (QED) is 0.647. The minimum atomic E-state index is -0.804. The van der Waals surface area contributed by atoms with Crippen LogP contribution in [0, 0.1) is 0 Å². The molecule has 1 heterocycles. The number of carbonyl (C=O) groups is 1. The summed E-state index contributed by atoms with van der Waals surface area (Å²) in [6.07, 6.45) is 2.32. The van der Waals surface area contributed by atoms with Gasteiger partial charge < -0.3 is 15.2 Å². The highest BCUT2D eigenvalue weighted by Crippen LogP contribution is 2.12. The van der Waals surface area contributed by atoms with E-state index in [1.54, 1.807) is 6.92 Å². The zero-order valence-electron chi connectivity index (χ0n) is 10.1. The van der Waals surface area contributed by atoms with Crippen LogP contribution in [0.5, 0.6) is 0 Å². The second-order valence-corrected chi connectivity index (χ2v) is 4.35. The van der Waals surface area contributed by atoms with Crippen molar-refractivity contribution in [3.63, 3.8) is 0 Å². The van der Waals surface area contributed by atoms with Crippen LogP contribution in [0.25, 0.3) is 0 Å². The van der Waals surface area contributed by atoms with Gasteiger partial charge in [0.05, 0.1) is 12.7 Å². The zero-order valence-corrected chi connectivity index (χ0v) is 10.1. The molecule has 1 amide bonds. The van der Waals surface area contributed by atoms with Crippen LogP contribution in [0.2, 0.25) is 0 Å². The minimum absolute atomic E-state index is 0.195. The van der Waals surface area contributed by atoms with Crippen molar-refractivity contribution in [1.82, 2.24) is 5.32 Å². The number of primary amides is 1. The first-order valence-corrected chi connectivity index (χ1v) is 5.83. The standard InChI is InChI=1S/C11H22N2O3/c1-3-15-8-11(2,10(12)14)13-7-9-5-4-6-16-9/h9,13H,3-8H2,1-2H3,(H2,12,14). The molecule has 0 aromatic heterocycles. The Kier molecular flexibility index (Phi) is 5.18. The highest BCUT2D eigenvalue weighted by Gasteiger charge is 2.32. The number of amides is 1. The normalized spacial score (nSPS) is 24.2. The third-order valence-electron chi connectivity index (χ3n) is 2.88. The van der Waals surface area contributed by atoms with Crippen molar-refractivity contribution in [2.75, 3.05) is 26.4 Å². The lowest BCUT2D eigenvalue weighted by Gasteiger charge is -2.28. The summed E-state index contributed by atoms with van der Waals surface area (Å²) >= 11 is 0. The van der Waals surface area contributed by atoms with Crippen molar-refractivity contribution in [2.24, 2.45) is 5.73 Å². The van der Waals surface area contributed by atoms with E-state index in [9.17, 15) is 4.79 Å². The predicted molar refractivity (Wildman–Crippen MR) is 61.1 cm³/mol. The van der Waals surface area contributed by atoms with Gasteiger partial charge in [-0.1, -0.05) is 0 Å². The van der Waals surface area contributed by atoms with Gasteiger partial charge in [-0.05, 0) is 26.7 Å². The van der Waals surface area contributed by atoms with Crippen molar-refractivity contribution < 1.29 is 14.3 Å². The van der Waals surface area contributed by atoms with Gasteiger partial charge in [0.2, 0.25) is 5.91 Å². The molecule has 0 spiro atoms. The fraction of sp³-hybridized carbons (Fsp3) is 0.909. The molecule has 5 heteroatoms. The summed E-state index contributed by atoms with van der Waals surface area (Å²) in [6, 6.07) is 0. The summed E-state index contributed by atoms with van der Waals surface area (Å²) in [5, 5.41) is 3.15. The van der Waals surface area contributed by atoms with Crippen molar-refractivity contribution in [2.45, 2.75) is 38.3 Å². The van der Waals surface area contributed by atoms with Gasteiger partial charge in [0.1, 0.15) is 5.54 Å². The van der Waals surface area contributed by atoms with Crippen LogP contribution in [-0.2, 0) is 14.3 Å². The number of nitrogens with two attached hydrogens (primary N) is 1. The van der Waals surface area contributed by atoms with Gasteiger partial charge in [-0.15, -0.1) is 0 Å². The lowest BCUT2D eigenvalue weighted by molar-refractivity contribution is -0.126. The molecule has 1 saturated heterocycles. The molecule has 0 aromatic carbocycles. The average molecular weight is 230 g/mol. The molecule has 0 bridgehead atoms. The molecule has 0 aliphatic carbocycles. The third kappa shape index (κ3) is 3.73. The molecule has 3 N–H and O–H groups in total. The summed E-state index contributed by atoms with van der Waals surface area (Å²) in [5.74, 6) is -0.390. The van der Waals surface area contributed by atoms with E-state index >= 15 is 0 Å². The highest BCUT2D eigenvalue weighted by atomic mass is 16.5. The maximum atomic E-state index is 11.4. The van der Waals surface area contributed by atoms with Crippen LogP contribution >= 0.6 is 0 Å². The molecule has 2 unspecified atom stereocenters. The fourth-order valence-corrected chi connectivity index (χ4v) is 1.66. The van der Waals surface area contributed by atoms with E-state index in [0.29, 0.717) is 19.8 Å². The van der Waals surface area contributed by atoms with Gasteiger partial charge in [-0.2, -0.15) is 0 Å². The van der Waals surface area contributed by atoms with Crippen LogP contribution in [0.15, 0.2) is 0 Å². The maximum absolute atomic E-state index is 11.4. The van der Waals surface area contributed by atoms with E-state index in [1.807, 2.05) is 6.92 Å². The molecular formula is C11H22N2O3. The van der Waals surface area contributed by atoms with E-state index in [1.165, 1.54) is 0 Å². The van der Waals surface area contributed by atoms with Gasteiger partial charge in [0.25, 0.3) is 0 Å². The van der Waals surface area contributed by atoms with Crippen LogP contribution in [0.1, 0.15) is 26.7 Å². The summed E-state index contributed by atoms with van der Waals surface area (Å²) < 4.78 is 10.7. The molecule has 1 aliphatic heterocycles. The average Bonchev–Trinajstić information content (AvgIpc) is 2.76. The number of hydrogen-bond donors (Lipinski definition) is 2. The Hall–Kier alpha value is -0.650. The largest absolute Gasteiger partial charge is 0.379 e. The Balaban J connectivity index is 2.39. The molecule has 16 heavy (non-hydrogen) atoms. The number of carbonyl (C=O) groups excluding carboxylic acids is 1.